The molecule has 0 radical (unpaired) electrons. The number of benzene rings is 1. The van der Waals surface area contributed by atoms with Crippen LogP contribution in [-0.4, -0.2) is 58.0 Å². The molecule has 1 unspecified atom stereocenters. The lowest BCUT2D eigenvalue weighted by molar-refractivity contribution is -0.127. The van der Waals surface area contributed by atoms with Gasteiger partial charge >= 0.3 is 0 Å². The molecule has 1 amide bonds. The molecule has 1 aromatic rings. The van der Waals surface area contributed by atoms with Gasteiger partial charge in [0, 0.05) is 31.5 Å². The first-order valence-corrected chi connectivity index (χ1v) is 8.05. The number of hydrogen-bond acceptors (Lipinski definition) is 4. The van der Waals surface area contributed by atoms with Crippen molar-refractivity contribution in [1.82, 2.24) is 4.90 Å². The highest BCUT2D eigenvalue weighted by atomic mass is 16.4. The molecule has 0 aliphatic heterocycles. The van der Waals surface area contributed by atoms with Gasteiger partial charge in [-0.15, -0.1) is 0 Å². The Labute approximate surface area is 135 Å². The zero-order chi connectivity index (χ0) is 16.6. The number of aliphatic hydroxyl groups is 3. The molecule has 2 aliphatic carbocycles. The van der Waals surface area contributed by atoms with Crippen molar-refractivity contribution < 1.29 is 20.1 Å². The largest absolute Gasteiger partial charge is 0.390 e. The first kappa shape index (κ1) is 16.2. The molecule has 5 heteroatoms. The monoisotopic (exact) mass is 317 g/mol. The van der Waals surface area contributed by atoms with Crippen LogP contribution in [0, 0.1) is 0 Å². The highest BCUT2D eigenvalue weighted by molar-refractivity contribution is 5.93. The number of carbonyl (C=O) groups excluding carboxylic acids is 1. The van der Waals surface area contributed by atoms with E-state index in [-0.39, 0.29) is 12.3 Å². The minimum atomic E-state index is -1.22. The molecule has 124 valence electrons. The van der Waals surface area contributed by atoms with Gasteiger partial charge in [0.1, 0.15) is 12.2 Å². The van der Waals surface area contributed by atoms with Gasteiger partial charge in [0.2, 0.25) is 5.91 Å². The molecule has 0 saturated carbocycles. The molecule has 23 heavy (non-hydrogen) atoms. The predicted molar refractivity (Wildman–Crippen MR) is 85.9 cm³/mol. The van der Waals surface area contributed by atoms with Gasteiger partial charge < -0.3 is 20.2 Å². The van der Waals surface area contributed by atoms with Gasteiger partial charge in [-0.2, -0.15) is 0 Å². The zero-order valence-corrected chi connectivity index (χ0v) is 13.2. The molecule has 0 saturated heterocycles. The van der Waals surface area contributed by atoms with Crippen molar-refractivity contribution in [1.29, 1.82) is 0 Å². The molecule has 0 bridgehead atoms. The molecule has 5 nitrogen and oxygen atoms in total. The van der Waals surface area contributed by atoms with Gasteiger partial charge in [0.05, 0.1) is 6.10 Å². The number of aliphatic hydroxyl groups excluding tert-OH is 3. The van der Waals surface area contributed by atoms with Crippen LogP contribution in [0.1, 0.15) is 29.9 Å². The number of hydrogen-bond donors (Lipinski definition) is 3. The fourth-order valence-electron chi connectivity index (χ4n) is 3.60. The summed E-state index contributed by atoms with van der Waals surface area (Å²) in [5.41, 5.74) is 3.02. The number of aryl methyl sites for hydroxylation is 1. The lowest BCUT2D eigenvalue weighted by Crippen LogP contribution is -2.43. The molecule has 3 N–H and O–H groups in total. The number of likely N-dealkylation sites (N-methyl/N-ethyl adjacent to an activating group) is 1. The average molecular weight is 317 g/mol. The molecule has 3 rings (SSSR count). The summed E-state index contributed by atoms with van der Waals surface area (Å²) in [6.07, 6.45) is -0.0252. The number of amides is 1. The van der Waals surface area contributed by atoms with Crippen molar-refractivity contribution >= 4 is 5.91 Å². The van der Waals surface area contributed by atoms with Crippen molar-refractivity contribution in [3.05, 3.63) is 47.0 Å². The Hall–Kier alpha value is -1.69. The maximum Gasteiger partial charge on any atom is 0.249 e. The lowest BCUT2D eigenvalue weighted by Gasteiger charge is -2.30. The van der Waals surface area contributed by atoms with E-state index in [1.54, 1.807) is 11.9 Å². The van der Waals surface area contributed by atoms with Crippen LogP contribution in [0.4, 0.5) is 0 Å². The highest BCUT2D eigenvalue weighted by Crippen LogP contribution is 2.33. The minimum Gasteiger partial charge on any atom is -0.390 e. The van der Waals surface area contributed by atoms with E-state index in [1.807, 2.05) is 12.1 Å². The molecule has 2 aliphatic rings. The number of rotatable bonds is 3. The second-order valence-electron chi connectivity index (χ2n) is 6.56. The van der Waals surface area contributed by atoms with E-state index in [4.69, 9.17) is 0 Å². The maximum atomic E-state index is 12.5. The number of nitrogens with zero attached hydrogens (tertiary/aromatic N) is 1. The van der Waals surface area contributed by atoms with E-state index in [0.29, 0.717) is 18.0 Å². The summed E-state index contributed by atoms with van der Waals surface area (Å²) in [6.45, 7) is 0.613. The van der Waals surface area contributed by atoms with E-state index in [9.17, 15) is 20.1 Å². The zero-order valence-electron chi connectivity index (χ0n) is 13.2. The van der Waals surface area contributed by atoms with Crippen molar-refractivity contribution in [3.8, 4) is 0 Å². The van der Waals surface area contributed by atoms with Crippen LogP contribution in [0.15, 0.2) is 35.9 Å². The third kappa shape index (κ3) is 3.17. The quantitative estimate of drug-likeness (QED) is 0.762. The highest BCUT2D eigenvalue weighted by Gasteiger charge is 2.33. The van der Waals surface area contributed by atoms with Crippen molar-refractivity contribution in [2.24, 2.45) is 0 Å². The third-order valence-electron chi connectivity index (χ3n) is 4.92. The summed E-state index contributed by atoms with van der Waals surface area (Å²) in [5.74, 6) is 0.129. The predicted octanol–water partition coefficient (Wildman–Crippen LogP) is 0.588. The van der Waals surface area contributed by atoms with Crippen LogP contribution in [0.5, 0.6) is 0 Å². The van der Waals surface area contributed by atoms with E-state index in [1.165, 1.54) is 17.2 Å². The van der Waals surface area contributed by atoms with Crippen molar-refractivity contribution in [2.75, 3.05) is 13.6 Å². The second-order valence-corrected chi connectivity index (χ2v) is 6.56. The summed E-state index contributed by atoms with van der Waals surface area (Å²) < 4.78 is 0. The third-order valence-corrected chi connectivity index (χ3v) is 4.92. The molecule has 0 fully saturated rings. The standard InChI is InChI=1S/C18H23NO4/c1-19(10-12-7-6-11-4-2-3-5-14(11)12)18(23)13-8-15(20)17(22)16(21)9-13/h2-5,8,12,15-17,20-22H,6-7,9-10H2,1H3/t12?,15-,16-,17-/m1/s1. The van der Waals surface area contributed by atoms with Crippen LogP contribution in [-0.2, 0) is 11.2 Å². The van der Waals surface area contributed by atoms with Crippen LogP contribution >= 0.6 is 0 Å². The Kier molecular flexibility index (Phi) is 4.53. The van der Waals surface area contributed by atoms with Crippen molar-refractivity contribution in [3.63, 3.8) is 0 Å². The average Bonchev–Trinajstić information content (AvgIpc) is 2.94. The first-order chi connectivity index (χ1) is 11.0. The second kappa shape index (κ2) is 6.43. The molecule has 0 heterocycles. The summed E-state index contributed by atoms with van der Waals surface area (Å²) in [7, 11) is 1.74. The fraction of sp³-hybridized carbons (Fsp3) is 0.500. The van der Waals surface area contributed by atoms with Crippen LogP contribution < -0.4 is 0 Å². The normalized spacial score (nSPS) is 29.8. The SMILES string of the molecule is CN(CC1CCc2ccccc21)C(=O)C1=C[C@@H](O)[C@@H](O)[C@H](O)C1. The van der Waals surface area contributed by atoms with Gasteiger partial charge in [-0.25, -0.2) is 0 Å². The van der Waals surface area contributed by atoms with Gasteiger partial charge in [-0.3, -0.25) is 4.79 Å². The van der Waals surface area contributed by atoms with Gasteiger partial charge in [-0.05, 0) is 30.0 Å². The topological polar surface area (TPSA) is 81.0 Å². The molecule has 4 atom stereocenters. The molecule has 0 aromatic heterocycles. The summed E-state index contributed by atoms with van der Waals surface area (Å²) in [5, 5.41) is 29.0. The smallest absolute Gasteiger partial charge is 0.249 e. The van der Waals surface area contributed by atoms with Crippen LogP contribution in [0.2, 0.25) is 0 Å². The van der Waals surface area contributed by atoms with E-state index >= 15 is 0 Å². The summed E-state index contributed by atoms with van der Waals surface area (Å²) >= 11 is 0. The Morgan fingerprint density at radius 3 is 2.74 bits per heavy atom. The minimum absolute atomic E-state index is 0.0721. The maximum absolute atomic E-state index is 12.5. The Morgan fingerprint density at radius 2 is 2.00 bits per heavy atom. The Bertz CT molecular complexity index is 627. The Balaban J connectivity index is 1.68. The van der Waals surface area contributed by atoms with Gasteiger partial charge in [0.15, 0.2) is 0 Å². The lowest BCUT2D eigenvalue weighted by atomic mass is 9.91. The van der Waals surface area contributed by atoms with Crippen molar-refractivity contribution in [2.45, 2.75) is 43.5 Å². The van der Waals surface area contributed by atoms with Crippen LogP contribution in [0.25, 0.3) is 0 Å². The molecular weight excluding hydrogens is 294 g/mol. The fourth-order valence-corrected chi connectivity index (χ4v) is 3.60. The molecular formula is C18H23NO4. The Morgan fingerprint density at radius 1 is 1.26 bits per heavy atom. The summed E-state index contributed by atoms with van der Waals surface area (Å²) in [6, 6.07) is 8.32. The number of carbonyl (C=O) groups is 1. The van der Waals surface area contributed by atoms with E-state index < -0.39 is 18.3 Å². The van der Waals surface area contributed by atoms with Crippen LogP contribution in [0.3, 0.4) is 0 Å². The van der Waals surface area contributed by atoms with Gasteiger partial charge in [0.25, 0.3) is 0 Å². The van der Waals surface area contributed by atoms with E-state index in [2.05, 4.69) is 12.1 Å². The summed E-state index contributed by atoms with van der Waals surface area (Å²) in [4.78, 5) is 14.2. The first-order valence-electron chi connectivity index (χ1n) is 8.05. The molecule has 1 aromatic carbocycles. The van der Waals surface area contributed by atoms with Gasteiger partial charge in [-0.1, -0.05) is 24.3 Å². The molecule has 0 spiro atoms. The number of fused-ring (bicyclic) bond motifs is 1. The van der Waals surface area contributed by atoms with E-state index in [0.717, 1.165) is 12.8 Å².